The summed E-state index contributed by atoms with van der Waals surface area (Å²) in [6.07, 6.45) is 54.7. The van der Waals surface area contributed by atoms with Crippen LogP contribution in [-0.4, -0.2) is 37.9 Å². The van der Waals surface area contributed by atoms with Gasteiger partial charge >= 0.3 is 11.9 Å². The number of unbranched alkanes of at least 4 members (excludes halogenated alkanes) is 31. The molecule has 0 fully saturated rings. The SMILES string of the molecule is CCCCCC/C=C\CCCCCCCC(=O)OC(COCCCCCCCCCC)COC(=O)CCCCCCCCCCC/C=C\CCCCCCCC. The Morgan fingerprint density at radius 3 is 1.11 bits per heavy atom. The Hall–Kier alpha value is -1.62. The van der Waals surface area contributed by atoms with Crippen LogP contribution in [0.2, 0.25) is 0 Å². The van der Waals surface area contributed by atoms with Crippen LogP contribution in [0, 0.1) is 0 Å². The molecule has 0 aromatic carbocycles. The Bertz CT molecular complexity index is 851. The van der Waals surface area contributed by atoms with Gasteiger partial charge in [0, 0.05) is 19.4 Å². The lowest BCUT2D eigenvalue weighted by molar-refractivity contribution is -0.163. The Balaban J connectivity index is 4.11. The molecule has 0 bridgehead atoms. The largest absolute Gasteiger partial charge is 0.462 e. The monoisotopic (exact) mass is 789 g/mol. The zero-order valence-corrected chi connectivity index (χ0v) is 37.9. The van der Waals surface area contributed by atoms with Crippen molar-refractivity contribution in [2.24, 2.45) is 0 Å². The first-order valence-corrected chi connectivity index (χ1v) is 24.9. The summed E-state index contributed by atoms with van der Waals surface area (Å²) in [6, 6.07) is 0. The van der Waals surface area contributed by atoms with Crippen LogP contribution in [-0.2, 0) is 23.8 Å². The Kier molecular flexibility index (Phi) is 46.4. The molecule has 0 amide bonds. The van der Waals surface area contributed by atoms with Crippen LogP contribution < -0.4 is 0 Å². The fourth-order valence-corrected chi connectivity index (χ4v) is 7.21. The Morgan fingerprint density at radius 1 is 0.375 bits per heavy atom. The maximum absolute atomic E-state index is 12.7. The van der Waals surface area contributed by atoms with Gasteiger partial charge in [0.2, 0.25) is 0 Å². The van der Waals surface area contributed by atoms with Crippen LogP contribution in [0.5, 0.6) is 0 Å². The zero-order chi connectivity index (χ0) is 40.7. The van der Waals surface area contributed by atoms with Gasteiger partial charge in [0.15, 0.2) is 6.10 Å². The summed E-state index contributed by atoms with van der Waals surface area (Å²) in [4.78, 5) is 25.3. The normalized spacial score (nSPS) is 12.3. The molecule has 0 N–H and O–H groups in total. The van der Waals surface area contributed by atoms with Crippen molar-refractivity contribution in [2.75, 3.05) is 19.8 Å². The predicted octanol–water partition coefficient (Wildman–Crippen LogP) is 16.5. The third kappa shape index (κ3) is 45.1. The molecule has 1 unspecified atom stereocenters. The van der Waals surface area contributed by atoms with Crippen LogP contribution in [0.1, 0.15) is 265 Å². The summed E-state index contributed by atoms with van der Waals surface area (Å²) in [5, 5.41) is 0. The standard InChI is InChI=1S/C51H96O5/c1-4-7-10-13-16-19-21-23-24-25-26-27-28-30-31-33-35-38-41-44-50(52)55-48-49(47-54-46-43-40-37-18-15-12-9-6-3)56-51(53)45-42-39-36-34-32-29-22-20-17-14-11-8-5-2/h20,22-24,49H,4-19,21,25-48H2,1-3H3/b22-20-,24-23-. The highest BCUT2D eigenvalue weighted by Gasteiger charge is 2.17. The number of ether oxygens (including phenoxy) is 3. The van der Waals surface area contributed by atoms with Crippen LogP contribution in [0.15, 0.2) is 24.3 Å². The number of esters is 2. The van der Waals surface area contributed by atoms with Gasteiger partial charge in [-0.1, -0.05) is 206 Å². The van der Waals surface area contributed by atoms with E-state index in [0.717, 1.165) is 51.4 Å². The molecule has 0 saturated carbocycles. The molecule has 0 radical (unpaired) electrons. The summed E-state index contributed by atoms with van der Waals surface area (Å²) >= 11 is 0. The lowest BCUT2D eigenvalue weighted by atomic mass is 10.1. The molecular formula is C51H96O5. The van der Waals surface area contributed by atoms with E-state index in [4.69, 9.17) is 14.2 Å². The lowest BCUT2D eigenvalue weighted by Gasteiger charge is -2.18. The second-order valence-electron chi connectivity index (χ2n) is 16.7. The molecule has 0 rings (SSSR count). The summed E-state index contributed by atoms with van der Waals surface area (Å²) in [7, 11) is 0. The Morgan fingerprint density at radius 2 is 0.696 bits per heavy atom. The number of carbonyl (C=O) groups excluding carboxylic acids is 2. The molecule has 5 nitrogen and oxygen atoms in total. The van der Waals surface area contributed by atoms with Crippen LogP contribution >= 0.6 is 0 Å². The van der Waals surface area contributed by atoms with Crippen molar-refractivity contribution in [2.45, 2.75) is 271 Å². The quantitative estimate of drug-likeness (QED) is 0.0349. The molecule has 0 spiro atoms. The van der Waals surface area contributed by atoms with Gasteiger partial charge in [-0.05, 0) is 70.6 Å². The summed E-state index contributed by atoms with van der Waals surface area (Å²) in [5.74, 6) is -0.398. The number of hydrogen-bond donors (Lipinski definition) is 0. The second kappa shape index (κ2) is 47.8. The van der Waals surface area contributed by atoms with Gasteiger partial charge in [-0.2, -0.15) is 0 Å². The topological polar surface area (TPSA) is 61.8 Å². The van der Waals surface area contributed by atoms with Gasteiger partial charge in [-0.15, -0.1) is 0 Å². The van der Waals surface area contributed by atoms with Gasteiger partial charge in [0.25, 0.3) is 0 Å². The molecule has 1 atom stereocenters. The zero-order valence-electron chi connectivity index (χ0n) is 37.9. The van der Waals surface area contributed by atoms with Gasteiger partial charge < -0.3 is 14.2 Å². The minimum atomic E-state index is -0.532. The first-order chi connectivity index (χ1) is 27.6. The van der Waals surface area contributed by atoms with Crippen molar-refractivity contribution in [1.29, 1.82) is 0 Å². The van der Waals surface area contributed by atoms with E-state index in [-0.39, 0.29) is 25.2 Å². The molecule has 0 aromatic heterocycles. The average molecular weight is 789 g/mol. The van der Waals surface area contributed by atoms with E-state index in [0.29, 0.717) is 19.4 Å². The van der Waals surface area contributed by atoms with E-state index in [1.807, 2.05) is 0 Å². The summed E-state index contributed by atoms with van der Waals surface area (Å²) in [5.41, 5.74) is 0. The molecule has 0 aliphatic carbocycles. The van der Waals surface area contributed by atoms with Crippen LogP contribution in [0.4, 0.5) is 0 Å². The highest BCUT2D eigenvalue weighted by atomic mass is 16.6. The molecule has 5 heteroatoms. The van der Waals surface area contributed by atoms with Gasteiger partial charge in [-0.3, -0.25) is 9.59 Å². The smallest absolute Gasteiger partial charge is 0.306 e. The molecule has 0 saturated heterocycles. The van der Waals surface area contributed by atoms with Gasteiger partial charge in [-0.25, -0.2) is 0 Å². The molecule has 0 aliphatic rings. The highest BCUT2D eigenvalue weighted by Crippen LogP contribution is 2.15. The fraction of sp³-hybridized carbons (Fsp3) is 0.882. The molecular weight excluding hydrogens is 693 g/mol. The van der Waals surface area contributed by atoms with Crippen LogP contribution in [0.25, 0.3) is 0 Å². The van der Waals surface area contributed by atoms with E-state index in [1.165, 1.54) is 180 Å². The van der Waals surface area contributed by atoms with Crippen molar-refractivity contribution in [3.8, 4) is 0 Å². The molecule has 0 aliphatic heterocycles. The van der Waals surface area contributed by atoms with Crippen molar-refractivity contribution < 1.29 is 23.8 Å². The summed E-state index contributed by atoms with van der Waals surface area (Å²) in [6.45, 7) is 7.82. The molecule has 330 valence electrons. The number of carbonyl (C=O) groups is 2. The van der Waals surface area contributed by atoms with Crippen molar-refractivity contribution in [1.82, 2.24) is 0 Å². The fourth-order valence-electron chi connectivity index (χ4n) is 7.21. The summed E-state index contributed by atoms with van der Waals surface area (Å²) < 4.78 is 17.3. The van der Waals surface area contributed by atoms with E-state index >= 15 is 0 Å². The molecule has 0 heterocycles. The maximum atomic E-state index is 12.7. The van der Waals surface area contributed by atoms with Crippen molar-refractivity contribution in [3.05, 3.63) is 24.3 Å². The lowest BCUT2D eigenvalue weighted by Crippen LogP contribution is -2.30. The first-order valence-electron chi connectivity index (χ1n) is 24.9. The average Bonchev–Trinajstić information content (AvgIpc) is 3.20. The van der Waals surface area contributed by atoms with E-state index < -0.39 is 6.10 Å². The minimum Gasteiger partial charge on any atom is -0.462 e. The van der Waals surface area contributed by atoms with E-state index in [9.17, 15) is 9.59 Å². The predicted molar refractivity (Wildman–Crippen MR) is 242 cm³/mol. The highest BCUT2D eigenvalue weighted by molar-refractivity contribution is 5.70. The number of hydrogen-bond acceptors (Lipinski definition) is 5. The van der Waals surface area contributed by atoms with Crippen molar-refractivity contribution in [3.63, 3.8) is 0 Å². The van der Waals surface area contributed by atoms with Crippen molar-refractivity contribution >= 4 is 11.9 Å². The number of allylic oxidation sites excluding steroid dienone is 4. The van der Waals surface area contributed by atoms with E-state index in [2.05, 4.69) is 45.1 Å². The first kappa shape index (κ1) is 54.4. The third-order valence-corrected chi connectivity index (χ3v) is 11.0. The van der Waals surface area contributed by atoms with Crippen LogP contribution in [0.3, 0.4) is 0 Å². The third-order valence-electron chi connectivity index (χ3n) is 11.0. The van der Waals surface area contributed by atoms with Gasteiger partial charge in [0.05, 0.1) is 6.61 Å². The van der Waals surface area contributed by atoms with Gasteiger partial charge in [0.1, 0.15) is 6.61 Å². The molecule has 0 aromatic rings. The van der Waals surface area contributed by atoms with E-state index in [1.54, 1.807) is 0 Å². The number of rotatable bonds is 46. The Labute approximate surface area is 349 Å². The minimum absolute atomic E-state index is 0.0863. The molecule has 56 heavy (non-hydrogen) atoms. The maximum Gasteiger partial charge on any atom is 0.306 e. The second-order valence-corrected chi connectivity index (χ2v) is 16.7.